The maximum Gasteiger partial charge on any atom is 0.237 e. The second-order valence-corrected chi connectivity index (χ2v) is 4.64. The highest BCUT2D eigenvalue weighted by atomic mass is 79.9. The molecular formula is C11H11BrClNO2. The van der Waals surface area contributed by atoms with E-state index in [-0.39, 0.29) is 11.8 Å². The number of carbonyl (C=O) groups is 1. The van der Waals surface area contributed by atoms with Crippen LogP contribution in [0.2, 0.25) is 0 Å². The van der Waals surface area contributed by atoms with Crippen LogP contribution in [0, 0.1) is 0 Å². The first-order valence-electron chi connectivity index (χ1n) is 4.96. The molecule has 0 saturated carbocycles. The van der Waals surface area contributed by atoms with Gasteiger partial charge in [-0.1, -0.05) is 22.0 Å². The number of hydrogen-bond donors (Lipinski definition) is 0. The zero-order valence-corrected chi connectivity index (χ0v) is 10.9. The Morgan fingerprint density at radius 2 is 2.38 bits per heavy atom. The molecule has 1 heterocycles. The van der Waals surface area contributed by atoms with E-state index in [9.17, 15) is 4.79 Å². The number of amides is 1. The Balaban J connectivity index is 2.29. The molecule has 1 aliphatic rings. The van der Waals surface area contributed by atoms with Crippen LogP contribution >= 0.6 is 27.5 Å². The number of benzene rings is 1. The van der Waals surface area contributed by atoms with E-state index in [4.69, 9.17) is 16.3 Å². The van der Waals surface area contributed by atoms with Crippen molar-refractivity contribution in [3.63, 3.8) is 0 Å². The molecule has 0 aliphatic carbocycles. The van der Waals surface area contributed by atoms with Crippen LogP contribution in [0.1, 0.15) is 5.56 Å². The lowest BCUT2D eigenvalue weighted by atomic mass is 10.2. The second-order valence-electron chi connectivity index (χ2n) is 3.51. The van der Waals surface area contributed by atoms with Gasteiger partial charge in [-0.15, -0.1) is 11.6 Å². The van der Waals surface area contributed by atoms with E-state index in [0.717, 1.165) is 15.8 Å². The Bertz CT molecular complexity index is 411. The number of fused-ring (bicyclic) bond motifs is 1. The normalized spacial score (nSPS) is 15.0. The van der Waals surface area contributed by atoms with Crippen LogP contribution in [0.25, 0.3) is 0 Å². The summed E-state index contributed by atoms with van der Waals surface area (Å²) in [4.78, 5) is 13.3. The molecule has 0 atom stereocenters. The third-order valence-electron chi connectivity index (χ3n) is 2.51. The van der Waals surface area contributed by atoms with Gasteiger partial charge in [0, 0.05) is 10.0 Å². The van der Waals surface area contributed by atoms with Crippen molar-refractivity contribution < 1.29 is 9.53 Å². The highest BCUT2D eigenvalue weighted by Crippen LogP contribution is 2.29. The number of alkyl halides is 1. The van der Waals surface area contributed by atoms with Gasteiger partial charge >= 0.3 is 0 Å². The van der Waals surface area contributed by atoms with E-state index in [1.807, 2.05) is 18.2 Å². The topological polar surface area (TPSA) is 29.5 Å². The van der Waals surface area contributed by atoms with E-state index < -0.39 is 0 Å². The Kier molecular flexibility index (Phi) is 3.71. The van der Waals surface area contributed by atoms with Gasteiger partial charge in [-0.2, -0.15) is 0 Å². The summed E-state index contributed by atoms with van der Waals surface area (Å²) < 4.78 is 6.54. The Morgan fingerprint density at radius 3 is 3.12 bits per heavy atom. The summed E-state index contributed by atoms with van der Waals surface area (Å²) in [5.74, 6) is 0.785. The smallest absolute Gasteiger partial charge is 0.237 e. The maximum atomic E-state index is 11.6. The van der Waals surface area contributed by atoms with Gasteiger partial charge in [0.15, 0.2) is 0 Å². The van der Waals surface area contributed by atoms with Crippen LogP contribution in [0.5, 0.6) is 5.75 Å². The molecule has 0 radical (unpaired) electrons. The van der Waals surface area contributed by atoms with Crippen molar-refractivity contribution >= 4 is 33.4 Å². The molecule has 1 aliphatic heterocycles. The van der Waals surface area contributed by atoms with Gasteiger partial charge in [-0.3, -0.25) is 4.79 Å². The first-order valence-corrected chi connectivity index (χ1v) is 6.29. The van der Waals surface area contributed by atoms with Crippen LogP contribution in [0.4, 0.5) is 0 Å². The third-order valence-corrected chi connectivity index (χ3v) is 3.48. The molecule has 0 N–H and O–H groups in total. The first kappa shape index (κ1) is 11.7. The molecule has 1 aromatic rings. The van der Waals surface area contributed by atoms with Crippen molar-refractivity contribution in [1.82, 2.24) is 4.90 Å². The zero-order valence-electron chi connectivity index (χ0n) is 8.58. The highest BCUT2D eigenvalue weighted by Gasteiger charge is 2.20. The summed E-state index contributed by atoms with van der Waals surface area (Å²) in [6.45, 7) is 1.63. The first-order chi connectivity index (χ1) is 7.72. The van der Waals surface area contributed by atoms with E-state index in [2.05, 4.69) is 15.9 Å². The Labute approximate surface area is 107 Å². The summed E-state index contributed by atoms with van der Waals surface area (Å²) in [6, 6.07) is 5.77. The maximum absolute atomic E-state index is 11.6. The van der Waals surface area contributed by atoms with Crippen LogP contribution in [-0.4, -0.2) is 29.8 Å². The summed E-state index contributed by atoms with van der Waals surface area (Å²) in [5.41, 5.74) is 0.999. The lowest BCUT2D eigenvalue weighted by Crippen LogP contribution is -2.33. The van der Waals surface area contributed by atoms with Gasteiger partial charge in [0.1, 0.15) is 18.2 Å². The average Bonchev–Trinajstić information content (AvgIpc) is 2.51. The fourth-order valence-electron chi connectivity index (χ4n) is 1.66. The van der Waals surface area contributed by atoms with Gasteiger partial charge in [0.25, 0.3) is 0 Å². The molecule has 0 saturated heterocycles. The standard InChI is InChI=1S/C11H11BrClNO2/c12-9-2-1-3-10-8(9)7-14(4-5-16-10)11(15)6-13/h1-3H,4-7H2. The molecule has 1 amide bonds. The lowest BCUT2D eigenvalue weighted by molar-refractivity contribution is -0.129. The molecule has 16 heavy (non-hydrogen) atoms. The number of carbonyl (C=O) groups excluding carboxylic acids is 1. The van der Waals surface area contributed by atoms with Gasteiger partial charge in [-0.05, 0) is 12.1 Å². The highest BCUT2D eigenvalue weighted by molar-refractivity contribution is 9.10. The molecule has 2 rings (SSSR count). The van der Waals surface area contributed by atoms with Crippen molar-refractivity contribution in [2.45, 2.75) is 6.54 Å². The SMILES string of the molecule is O=C(CCl)N1CCOc2cccc(Br)c2C1. The number of ether oxygens (including phenoxy) is 1. The Hall–Kier alpha value is -0.740. The van der Waals surface area contributed by atoms with Gasteiger partial charge in [0.2, 0.25) is 5.91 Å². The molecule has 0 spiro atoms. The van der Waals surface area contributed by atoms with E-state index in [1.54, 1.807) is 4.90 Å². The molecule has 5 heteroatoms. The number of halogens is 2. The zero-order chi connectivity index (χ0) is 11.5. The van der Waals surface area contributed by atoms with Crippen LogP contribution in [0.15, 0.2) is 22.7 Å². The number of hydrogen-bond acceptors (Lipinski definition) is 2. The summed E-state index contributed by atoms with van der Waals surface area (Å²) in [7, 11) is 0. The third kappa shape index (κ3) is 2.33. The van der Waals surface area contributed by atoms with Crippen LogP contribution < -0.4 is 4.74 Å². The van der Waals surface area contributed by atoms with Crippen LogP contribution in [0.3, 0.4) is 0 Å². The number of nitrogens with zero attached hydrogens (tertiary/aromatic N) is 1. The monoisotopic (exact) mass is 303 g/mol. The summed E-state index contributed by atoms with van der Waals surface area (Å²) in [6.07, 6.45) is 0. The molecule has 86 valence electrons. The molecule has 1 aromatic carbocycles. The quantitative estimate of drug-likeness (QED) is 0.746. The predicted molar refractivity (Wildman–Crippen MR) is 65.8 cm³/mol. The van der Waals surface area contributed by atoms with Gasteiger partial charge < -0.3 is 9.64 Å². The molecule has 0 fully saturated rings. The minimum Gasteiger partial charge on any atom is -0.491 e. The van der Waals surface area contributed by atoms with Crippen molar-refractivity contribution in [3.05, 3.63) is 28.2 Å². The van der Waals surface area contributed by atoms with Gasteiger partial charge in [0.05, 0.1) is 13.1 Å². The lowest BCUT2D eigenvalue weighted by Gasteiger charge is -2.18. The van der Waals surface area contributed by atoms with Crippen molar-refractivity contribution in [3.8, 4) is 5.75 Å². The van der Waals surface area contributed by atoms with Crippen LogP contribution in [-0.2, 0) is 11.3 Å². The van der Waals surface area contributed by atoms with E-state index in [0.29, 0.717) is 19.7 Å². The van der Waals surface area contributed by atoms with Crippen molar-refractivity contribution in [2.24, 2.45) is 0 Å². The second kappa shape index (κ2) is 5.06. The molecule has 0 unspecified atom stereocenters. The van der Waals surface area contributed by atoms with Crippen molar-refractivity contribution in [1.29, 1.82) is 0 Å². The minimum atomic E-state index is -0.0612. The van der Waals surface area contributed by atoms with Gasteiger partial charge in [-0.25, -0.2) is 0 Å². The Morgan fingerprint density at radius 1 is 1.56 bits per heavy atom. The molecular weight excluding hydrogens is 293 g/mol. The fourth-order valence-corrected chi connectivity index (χ4v) is 2.30. The summed E-state index contributed by atoms with van der Waals surface area (Å²) in [5, 5.41) is 0. The summed E-state index contributed by atoms with van der Waals surface area (Å²) >= 11 is 9.03. The minimum absolute atomic E-state index is 0.0137. The predicted octanol–water partition coefficient (Wildman–Crippen LogP) is 2.41. The molecule has 0 aromatic heterocycles. The van der Waals surface area contributed by atoms with Crippen molar-refractivity contribution in [2.75, 3.05) is 19.0 Å². The fraction of sp³-hybridized carbons (Fsp3) is 0.364. The van der Waals surface area contributed by atoms with E-state index in [1.165, 1.54) is 0 Å². The van der Waals surface area contributed by atoms with E-state index >= 15 is 0 Å². The molecule has 0 bridgehead atoms. The number of rotatable bonds is 1. The average molecular weight is 305 g/mol. The molecule has 3 nitrogen and oxygen atoms in total. The largest absolute Gasteiger partial charge is 0.491 e.